The molecule has 0 amide bonds. The second-order valence-electron chi connectivity index (χ2n) is 4.29. The number of thioether (sulfide) groups is 1. The van der Waals surface area contributed by atoms with Crippen LogP contribution in [0.15, 0.2) is 24.5 Å². The normalized spacial score (nSPS) is 13.5. The topological polar surface area (TPSA) is 40.6 Å². The van der Waals surface area contributed by atoms with E-state index in [1.54, 1.807) is 21.3 Å². The van der Waals surface area contributed by atoms with Gasteiger partial charge in [0.05, 0.1) is 0 Å². The van der Waals surface area contributed by atoms with E-state index in [1.165, 1.54) is 5.56 Å². The van der Waals surface area contributed by atoms with Gasteiger partial charge in [-0.1, -0.05) is 6.92 Å². The lowest BCUT2D eigenvalue weighted by Gasteiger charge is -2.26. The van der Waals surface area contributed by atoms with Gasteiger partial charge in [-0.05, 0) is 29.9 Å². The van der Waals surface area contributed by atoms with Gasteiger partial charge >= 0.3 is 8.80 Å². The van der Waals surface area contributed by atoms with E-state index in [4.69, 9.17) is 13.3 Å². The van der Waals surface area contributed by atoms with Crippen molar-refractivity contribution in [1.29, 1.82) is 0 Å². The van der Waals surface area contributed by atoms with E-state index < -0.39 is 8.80 Å². The molecule has 0 bridgehead atoms. The highest BCUT2D eigenvalue weighted by Crippen LogP contribution is 2.24. The Morgan fingerprint density at radius 1 is 1.16 bits per heavy atom. The van der Waals surface area contributed by atoms with Gasteiger partial charge in [-0.25, -0.2) is 0 Å². The third-order valence-electron chi connectivity index (χ3n) is 3.01. The minimum absolute atomic E-state index is 0.452. The number of hydrogen-bond acceptors (Lipinski definition) is 5. The van der Waals surface area contributed by atoms with Gasteiger partial charge in [0, 0.05) is 45.0 Å². The summed E-state index contributed by atoms with van der Waals surface area (Å²) < 4.78 is 16.3. The first kappa shape index (κ1) is 16.7. The predicted octanol–water partition coefficient (Wildman–Crippen LogP) is 2.62. The van der Waals surface area contributed by atoms with Crippen LogP contribution in [0.3, 0.4) is 0 Å². The Morgan fingerprint density at radius 3 is 2.26 bits per heavy atom. The van der Waals surface area contributed by atoms with Crippen LogP contribution in [-0.4, -0.2) is 46.1 Å². The van der Waals surface area contributed by atoms with Crippen molar-refractivity contribution < 1.29 is 13.3 Å². The lowest BCUT2D eigenvalue weighted by molar-refractivity contribution is 0.124. The van der Waals surface area contributed by atoms with Gasteiger partial charge in [-0.15, -0.1) is 0 Å². The Bertz CT molecular complexity index is 341. The molecule has 0 spiro atoms. The highest BCUT2D eigenvalue weighted by atomic mass is 32.2. The van der Waals surface area contributed by atoms with Gasteiger partial charge in [-0.3, -0.25) is 4.98 Å². The summed E-state index contributed by atoms with van der Waals surface area (Å²) in [6.07, 6.45) is 4.73. The number of nitrogens with zero attached hydrogens (tertiary/aromatic N) is 1. The monoisotopic (exact) mass is 301 g/mol. The zero-order chi connectivity index (χ0) is 14.1. The molecule has 1 atom stereocenters. The maximum Gasteiger partial charge on any atom is 0.501 e. The van der Waals surface area contributed by atoms with E-state index >= 15 is 0 Å². The Balaban J connectivity index is 2.33. The van der Waals surface area contributed by atoms with Crippen LogP contribution in [0, 0.1) is 0 Å². The van der Waals surface area contributed by atoms with Crippen molar-refractivity contribution in [3.8, 4) is 0 Å². The fourth-order valence-electron chi connectivity index (χ4n) is 1.84. The lowest BCUT2D eigenvalue weighted by atomic mass is 10.2. The average molecular weight is 301 g/mol. The summed E-state index contributed by atoms with van der Waals surface area (Å²) in [5, 5.41) is 0.452. The largest absolute Gasteiger partial charge is 0.501 e. The van der Waals surface area contributed by atoms with Crippen LogP contribution in [0.25, 0.3) is 0 Å². The van der Waals surface area contributed by atoms with Crippen molar-refractivity contribution in [2.75, 3.05) is 27.1 Å². The second-order valence-corrected chi connectivity index (χ2v) is 8.83. The van der Waals surface area contributed by atoms with Crippen molar-refractivity contribution in [3.05, 3.63) is 30.1 Å². The summed E-state index contributed by atoms with van der Waals surface area (Å²) in [4.78, 5) is 4.02. The molecule has 0 aliphatic carbocycles. The van der Waals surface area contributed by atoms with Crippen LogP contribution in [0.5, 0.6) is 0 Å². The molecular formula is C13H23NO3SSi. The van der Waals surface area contributed by atoms with Gasteiger partial charge in [0.2, 0.25) is 0 Å². The molecule has 1 heterocycles. The van der Waals surface area contributed by atoms with Crippen molar-refractivity contribution >= 4 is 20.6 Å². The first-order chi connectivity index (χ1) is 9.15. The summed E-state index contributed by atoms with van der Waals surface area (Å²) in [5.41, 5.74) is 1.32. The zero-order valence-electron chi connectivity index (χ0n) is 12.1. The van der Waals surface area contributed by atoms with Gasteiger partial charge in [0.1, 0.15) is 0 Å². The van der Waals surface area contributed by atoms with Crippen LogP contribution in [0.1, 0.15) is 12.5 Å². The molecule has 0 aliphatic heterocycles. The van der Waals surface area contributed by atoms with Gasteiger partial charge < -0.3 is 13.3 Å². The molecule has 4 nitrogen and oxygen atoms in total. The fraction of sp³-hybridized carbons (Fsp3) is 0.615. The molecule has 0 N–H and O–H groups in total. The van der Waals surface area contributed by atoms with Crippen LogP contribution in [-0.2, 0) is 19.7 Å². The summed E-state index contributed by atoms with van der Waals surface area (Å²) in [6, 6.07) is 4.95. The number of rotatable bonds is 9. The van der Waals surface area contributed by atoms with Crippen molar-refractivity contribution in [2.24, 2.45) is 0 Å². The quantitative estimate of drug-likeness (QED) is 0.656. The molecular weight excluding hydrogens is 278 g/mol. The Morgan fingerprint density at radius 2 is 1.74 bits per heavy atom. The highest BCUT2D eigenvalue weighted by molar-refractivity contribution is 7.99. The number of aromatic nitrogens is 1. The fourth-order valence-corrected chi connectivity index (χ4v) is 5.38. The number of pyridine rings is 1. The van der Waals surface area contributed by atoms with Crippen molar-refractivity contribution in [3.63, 3.8) is 0 Å². The molecule has 0 aromatic carbocycles. The minimum atomic E-state index is -2.44. The van der Waals surface area contributed by atoms with Gasteiger partial charge in [-0.2, -0.15) is 11.8 Å². The van der Waals surface area contributed by atoms with E-state index in [1.807, 2.05) is 24.2 Å². The van der Waals surface area contributed by atoms with E-state index in [-0.39, 0.29) is 0 Å². The molecule has 0 saturated heterocycles. The van der Waals surface area contributed by atoms with E-state index in [2.05, 4.69) is 24.0 Å². The maximum absolute atomic E-state index is 5.44. The Kier molecular flexibility index (Phi) is 7.63. The third-order valence-corrected chi connectivity index (χ3v) is 7.46. The molecule has 0 radical (unpaired) electrons. The Labute approximate surface area is 121 Å². The molecule has 1 rings (SSSR count). The second kappa shape index (κ2) is 8.71. The number of aryl methyl sites for hydroxylation is 1. The lowest BCUT2D eigenvalue weighted by Crippen LogP contribution is -2.44. The summed E-state index contributed by atoms with van der Waals surface area (Å²) in [7, 11) is 2.54. The SMILES string of the molecule is CO[Si](CC(C)SCCc1ccncc1)(OC)OC. The standard InChI is InChI=1S/C13H23NO3SSi/c1-12(11-19(15-2,16-3)17-4)18-10-7-13-5-8-14-9-6-13/h5-6,8-9,12H,7,10-11H2,1-4H3. The minimum Gasteiger partial charge on any atom is -0.377 e. The van der Waals surface area contributed by atoms with E-state index in [0.717, 1.165) is 18.2 Å². The molecule has 1 aromatic rings. The van der Waals surface area contributed by atoms with Crippen molar-refractivity contribution in [1.82, 2.24) is 4.98 Å². The first-order valence-electron chi connectivity index (χ1n) is 6.31. The molecule has 0 fully saturated rings. The van der Waals surface area contributed by atoms with Gasteiger partial charge in [0.25, 0.3) is 0 Å². The van der Waals surface area contributed by atoms with Crippen LogP contribution in [0.4, 0.5) is 0 Å². The van der Waals surface area contributed by atoms with Gasteiger partial charge in [0.15, 0.2) is 0 Å². The first-order valence-corrected chi connectivity index (χ1v) is 9.30. The smallest absolute Gasteiger partial charge is 0.377 e. The molecule has 1 unspecified atom stereocenters. The van der Waals surface area contributed by atoms with E-state index in [0.29, 0.717) is 5.25 Å². The highest BCUT2D eigenvalue weighted by Gasteiger charge is 2.39. The molecule has 0 aliphatic rings. The summed E-state index contributed by atoms with van der Waals surface area (Å²) in [5.74, 6) is 1.08. The molecule has 1 aromatic heterocycles. The van der Waals surface area contributed by atoms with Crippen molar-refractivity contribution in [2.45, 2.75) is 24.6 Å². The third kappa shape index (κ3) is 5.62. The zero-order valence-corrected chi connectivity index (χ0v) is 13.9. The predicted molar refractivity (Wildman–Crippen MR) is 81.4 cm³/mol. The Hall–Kier alpha value is -0.403. The average Bonchev–Trinajstić information content (AvgIpc) is 2.46. The molecule has 19 heavy (non-hydrogen) atoms. The molecule has 0 saturated carbocycles. The summed E-state index contributed by atoms with van der Waals surface area (Å²) >= 11 is 1.92. The maximum atomic E-state index is 5.44. The molecule has 6 heteroatoms. The van der Waals surface area contributed by atoms with Crippen LogP contribution < -0.4 is 0 Å². The number of hydrogen-bond donors (Lipinski definition) is 0. The summed E-state index contributed by atoms with van der Waals surface area (Å²) in [6.45, 7) is 2.19. The van der Waals surface area contributed by atoms with Crippen LogP contribution >= 0.6 is 11.8 Å². The molecule has 108 valence electrons. The van der Waals surface area contributed by atoms with Crippen LogP contribution in [0.2, 0.25) is 6.04 Å². The van der Waals surface area contributed by atoms with E-state index in [9.17, 15) is 0 Å².